The van der Waals surface area contributed by atoms with Gasteiger partial charge >= 0.3 is 0 Å². The summed E-state index contributed by atoms with van der Waals surface area (Å²) in [6, 6.07) is 1.21. The Bertz CT molecular complexity index is 1050. The van der Waals surface area contributed by atoms with Crippen molar-refractivity contribution in [1.82, 2.24) is 14.5 Å². The Hall–Kier alpha value is -1.72. The van der Waals surface area contributed by atoms with Crippen molar-refractivity contribution in [2.24, 2.45) is 0 Å². The van der Waals surface area contributed by atoms with E-state index in [4.69, 9.17) is 11.6 Å². The SMILES string of the molecule is CCC1(NC2C(=O)C(=O)C2Nc2ccc(Cl)c(S(=O)(=O)N3CCN(C)CC3)c2O)CCCC1. The molecule has 2 aliphatic carbocycles. The highest BCUT2D eigenvalue weighted by molar-refractivity contribution is 7.89. The van der Waals surface area contributed by atoms with Crippen LogP contribution in [0.5, 0.6) is 5.75 Å². The fraction of sp³-hybridized carbons (Fsp3) is 0.636. The number of aromatic hydroxyl groups is 1. The lowest BCUT2D eigenvalue weighted by atomic mass is 9.79. The fourth-order valence-electron chi connectivity index (χ4n) is 5.03. The highest BCUT2D eigenvalue weighted by Crippen LogP contribution is 2.40. The third-order valence-electron chi connectivity index (χ3n) is 7.29. The molecule has 9 nitrogen and oxygen atoms in total. The van der Waals surface area contributed by atoms with E-state index in [-0.39, 0.29) is 34.2 Å². The van der Waals surface area contributed by atoms with E-state index in [0.717, 1.165) is 32.1 Å². The summed E-state index contributed by atoms with van der Waals surface area (Å²) in [4.78, 5) is 26.4. The Morgan fingerprint density at radius 1 is 1.09 bits per heavy atom. The van der Waals surface area contributed by atoms with E-state index in [9.17, 15) is 23.1 Å². The van der Waals surface area contributed by atoms with Gasteiger partial charge in [-0.3, -0.25) is 14.9 Å². The molecule has 0 bridgehead atoms. The molecule has 1 aromatic carbocycles. The van der Waals surface area contributed by atoms with Crippen molar-refractivity contribution in [2.45, 2.75) is 61.5 Å². The number of ketones is 2. The number of nitrogens with zero attached hydrogens (tertiary/aromatic N) is 2. The first-order chi connectivity index (χ1) is 15.6. The van der Waals surface area contributed by atoms with E-state index in [2.05, 4.69) is 17.6 Å². The van der Waals surface area contributed by atoms with Crippen molar-refractivity contribution < 1.29 is 23.1 Å². The Kier molecular flexibility index (Phi) is 6.76. The molecule has 2 saturated carbocycles. The van der Waals surface area contributed by atoms with Gasteiger partial charge in [-0.2, -0.15) is 4.31 Å². The molecule has 182 valence electrons. The number of carbonyl (C=O) groups excluding carboxylic acids is 2. The van der Waals surface area contributed by atoms with E-state index in [1.165, 1.54) is 16.4 Å². The van der Waals surface area contributed by atoms with Crippen molar-refractivity contribution in [3.63, 3.8) is 0 Å². The van der Waals surface area contributed by atoms with Crippen LogP contribution in [0.25, 0.3) is 0 Å². The van der Waals surface area contributed by atoms with E-state index in [0.29, 0.717) is 13.1 Å². The van der Waals surface area contributed by atoms with Crippen LogP contribution in [0.1, 0.15) is 39.0 Å². The van der Waals surface area contributed by atoms with E-state index in [1.54, 1.807) is 0 Å². The van der Waals surface area contributed by atoms with Crippen molar-refractivity contribution in [1.29, 1.82) is 0 Å². The maximum Gasteiger partial charge on any atom is 0.248 e. The number of carbonyl (C=O) groups is 2. The molecule has 1 saturated heterocycles. The van der Waals surface area contributed by atoms with Crippen LogP contribution in [-0.4, -0.2) is 85.1 Å². The van der Waals surface area contributed by atoms with E-state index >= 15 is 0 Å². The summed E-state index contributed by atoms with van der Waals surface area (Å²) < 4.78 is 27.8. The smallest absolute Gasteiger partial charge is 0.248 e. The number of piperazine rings is 1. The normalized spacial score (nSPS) is 26.4. The molecule has 33 heavy (non-hydrogen) atoms. The molecule has 0 radical (unpaired) electrons. The fourth-order valence-corrected chi connectivity index (χ4v) is 7.04. The van der Waals surface area contributed by atoms with Gasteiger partial charge in [0.05, 0.1) is 10.7 Å². The maximum atomic E-state index is 13.3. The van der Waals surface area contributed by atoms with Gasteiger partial charge in [-0.1, -0.05) is 31.4 Å². The third-order valence-corrected chi connectivity index (χ3v) is 9.70. The zero-order chi connectivity index (χ0) is 24.0. The Balaban J connectivity index is 1.58. The van der Waals surface area contributed by atoms with Crippen LogP contribution in [0.3, 0.4) is 0 Å². The number of anilines is 1. The lowest BCUT2D eigenvalue weighted by molar-refractivity contribution is -0.146. The molecule has 3 fully saturated rings. The second-order valence-corrected chi connectivity index (χ2v) is 11.6. The highest BCUT2D eigenvalue weighted by atomic mass is 35.5. The summed E-state index contributed by atoms with van der Waals surface area (Å²) in [6.45, 7) is 3.77. The molecule has 1 heterocycles. The summed E-state index contributed by atoms with van der Waals surface area (Å²) in [6.07, 6.45) is 4.86. The summed E-state index contributed by atoms with van der Waals surface area (Å²) in [5.41, 5.74) is -0.124. The lowest BCUT2D eigenvalue weighted by Crippen LogP contribution is -2.70. The number of phenolic OH excluding ortho intramolecular Hbond substituents is 1. The van der Waals surface area contributed by atoms with Crippen molar-refractivity contribution >= 4 is 38.9 Å². The second kappa shape index (κ2) is 9.14. The van der Waals surface area contributed by atoms with Gasteiger partial charge in [0.15, 0.2) is 5.75 Å². The number of rotatable bonds is 7. The quantitative estimate of drug-likeness (QED) is 0.383. The standard InChI is InChI=1S/C22H31ClN4O5S/c1-3-22(8-4-5-9-22)25-17-16(19(29)20(17)30)24-15-7-6-14(23)21(18(15)28)33(31,32)27-12-10-26(2)11-13-27/h6-7,16-17,24-25,28H,3-5,8-13H2,1-2H3. The van der Waals surface area contributed by atoms with Gasteiger partial charge in [-0.25, -0.2) is 8.42 Å². The molecule has 2 unspecified atom stereocenters. The predicted molar refractivity (Wildman–Crippen MR) is 125 cm³/mol. The zero-order valence-electron chi connectivity index (χ0n) is 18.9. The van der Waals surface area contributed by atoms with Crippen LogP contribution >= 0.6 is 11.6 Å². The summed E-state index contributed by atoms with van der Waals surface area (Å²) >= 11 is 6.21. The highest BCUT2D eigenvalue weighted by Gasteiger charge is 2.52. The van der Waals surface area contributed by atoms with Crippen molar-refractivity contribution in [3.8, 4) is 5.75 Å². The van der Waals surface area contributed by atoms with Gasteiger partial charge in [-0.15, -0.1) is 0 Å². The molecule has 4 rings (SSSR count). The van der Waals surface area contributed by atoms with Crippen molar-refractivity contribution in [2.75, 3.05) is 38.5 Å². The number of Topliss-reactive ketones (excluding diaryl/α,β-unsaturated/α-hetero) is 2. The molecule has 11 heteroatoms. The van der Waals surface area contributed by atoms with Crippen LogP contribution in [0.4, 0.5) is 5.69 Å². The molecule has 2 atom stereocenters. The van der Waals surface area contributed by atoms with Gasteiger partial charge in [0.25, 0.3) is 0 Å². The lowest BCUT2D eigenvalue weighted by Gasteiger charge is -2.41. The minimum atomic E-state index is -4.05. The van der Waals surface area contributed by atoms with Gasteiger partial charge in [0.1, 0.15) is 17.0 Å². The maximum absolute atomic E-state index is 13.3. The molecule has 1 aromatic rings. The number of benzene rings is 1. The molecule has 3 aliphatic rings. The van der Waals surface area contributed by atoms with Gasteiger partial charge in [-0.05, 0) is 38.4 Å². The van der Waals surface area contributed by atoms with Gasteiger partial charge < -0.3 is 15.3 Å². The summed E-state index contributed by atoms with van der Waals surface area (Å²) in [7, 11) is -2.14. The third kappa shape index (κ3) is 4.39. The number of phenols is 1. The first-order valence-corrected chi connectivity index (χ1v) is 13.2. The largest absolute Gasteiger partial charge is 0.504 e. The van der Waals surface area contributed by atoms with Crippen LogP contribution in [-0.2, 0) is 19.6 Å². The Labute approximate surface area is 199 Å². The molecule has 3 N–H and O–H groups in total. The number of nitrogens with one attached hydrogen (secondary N) is 2. The van der Waals surface area contributed by atoms with E-state index in [1.807, 2.05) is 11.9 Å². The molecule has 0 spiro atoms. The van der Waals surface area contributed by atoms with Gasteiger partial charge in [0, 0.05) is 31.7 Å². The zero-order valence-corrected chi connectivity index (χ0v) is 20.5. The Morgan fingerprint density at radius 2 is 1.70 bits per heavy atom. The average molecular weight is 499 g/mol. The Morgan fingerprint density at radius 3 is 2.30 bits per heavy atom. The molecule has 0 amide bonds. The number of likely N-dealkylation sites (N-methyl/N-ethyl adjacent to an activating group) is 1. The minimum absolute atomic E-state index is 0.0572. The minimum Gasteiger partial charge on any atom is -0.504 e. The number of hydrogen-bond donors (Lipinski definition) is 3. The van der Waals surface area contributed by atoms with Gasteiger partial charge in [0.2, 0.25) is 21.6 Å². The second-order valence-electron chi connectivity index (χ2n) is 9.29. The van der Waals surface area contributed by atoms with Crippen LogP contribution < -0.4 is 10.6 Å². The molecule has 1 aliphatic heterocycles. The first kappa shape index (κ1) is 24.4. The van der Waals surface area contributed by atoms with E-state index < -0.39 is 39.4 Å². The molecular weight excluding hydrogens is 468 g/mol. The van der Waals surface area contributed by atoms with Crippen LogP contribution in [0.2, 0.25) is 5.02 Å². The summed E-state index contributed by atoms with van der Waals surface area (Å²) in [5, 5.41) is 17.1. The number of hydrogen-bond acceptors (Lipinski definition) is 8. The first-order valence-electron chi connectivity index (χ1n) is 11.4. The topological polar surface area (TPSA) is 119 Å². The molecule has 0 aromatic heterocycles. The van der Waals surface area contributed by atoms with Crippen LogP contribution in [0, 0.1) is 0 Å². The number of sulfonamides is 1. The number of halogens is 1. The summed E-state index contributed by atoms with van der Waals surface area (Å²) in [5.74, 6) is -1.63. The average Bonchev–Trinajstić information content (AvgIpc) is 3.26. The monoisotopic (exact) mass is 498 g/mol. The van der Waals surface area contributed by atoms with Crippen LogP contribution in [0.15, 0.2) is 17.0 Å². The van der Waals surface area contributed by atoms with Crippen molar-refractivity contribution in [3.05, 3.63) is 17.2 Å². The predicted octanol–water partition coefficient (Wildman–Crippen LogP) is 1.59. The molecular formula is C22H31ClN4O5S.